The topological polar surface area (TPSA) is 81.1 Å². The van der Waals surface area contributed by atoms with Crippen LogP contribution in [0.1, 0.15) is 22.3 Å². The second kappa shape index (κ2) is 9.15. The monoisotopic (exact) mass is 398 g/mol. The Morgan fingerprint density at radius 2 is 1.62 bits per heavy atom. The second-order valence-electron chi connectivity index (χ2n) is 8.04. The van der Waals surface area contributed by atoms with Crippen LogP contribution in [0.3, 0.4) is 0 Å². The van der Waals surface area contributed by atoms with Crippen molar-refractivity contribution in [1.82, 2.24) is 0 Å². The van der Waals surface area contributed by atoms with Gasteiger partial charge >= 0.3 is 0 Å². The zero-order valence-electron chi connectivity index (χ0n) is 17.4. The van der Waals surface area contributed by atoms with Gasteiger partial charge in [-0.3, -0.25) is 14.9 Å². The van der Waals surface area contributed by atoms with Gasteiger partial charge < -0.3 is 15.1 Å². The standard InChI is InChI=1S/C22H28N4O3/c1-16-6-4-5-7-19(16)14-24-8-10-25(11-9-24)15-22(27)23-20-12-17(2)18(3)13-21(20)26(28)29/h4-7,12-13H,8-11,14-15H2,1-3H3,(H,23,27)/p+2. The Bertz CT molecular complexity index is 905. The molecule has 0 atom stereocenters. The predicted octanol–water partition coefficient (Wildman–Crippen LogP) is 0.442. The first kappa shape index (κ1) is 21.0. The Morgan fingerprint density at radius 1 is 1.00 bits per heavy atom. The number of nitro groups is 1. The number of aryl methyl sites for hydroxylation is 3. The molecule has 0 unspecified atom stereocenters. The van der Waals surface area contributed by atoms with Crippen LogP contribution in [0.2, 0.25) is 0 Å². The highest BCUT2D eigenvalue weighted by molar-refractivity contribution is 5.94. The van der Waals surface area contributed by atoms with Gasteiger partial charge in [0, 0.05) is 11.6 Å². The minimum Gasteiger partial charge on any atom is -0.322 e. The number of carbonyl (C=O) groups excluding carboxylic acids is 1. The number of carbonyl (C=O) groups is 1. The number of piperazine rings is 1. The molecule has 7 heteroatoms. The second-order valence-corrected chi connectivity index (χ2v) is 8.04. The van der Waals surface area contributed by atoms with E-state index in [1.807, 2.05) is 13.8 Å². The van der Waals surface area contributed by atoms with E-state index in [4.69, 9.17) is 0 Å². The van der Waals surface area contributed by atoms with Gasteiger partial charge in [0.25, 0.3) is 11.6 Å². The molecule has 3 rings (SSSR count). The molecule has 2 aromatic rings. The van der Waals surface area contributed by atoms with Gasteiger partial charge in [-0.25, -0.2) is 0 Å². The summed E-state index contributed by atoms with van der Waals surface area (Å²) in [6.07, 6.45) is 0. The Hall–Kier alpha value is -2.77. The smallest absolute Gasteiger partial charge is 0.293 e. The Kier molecular flexibility index (Phi) is 6.61. The number of nitrogens with zero attached hydrogens (tertiary/aromatic N) is 1. The molecule has 2 aromatic carbocycles. The van der Waals surface area contributed by atoms with Gasteiger partial charge in [-0.1, -0.05) is 24.3 Å². The van der Waals surface area contributed by atoms with Gasteiger partial charge in [0.05, 0.1) is 4.92 Å². The lowest BCUT2D eigenvalue weighted by Gasteiger charge is -2.29. The lowest BCUT2D eigenvalue weighted by atomic mass is 10.1. The predicted molar refractivity (Wildman–Crippen MR) is 112 cm³/mol. The van der Waals surface area contributed by atoms with Crippen LogP contribution in [-0.2, 0) is 11.3 Å². The lowest BCUT2D eigenvalue weighted by Crippen LogP contribution is -3.28. The third kappa shape index (κ3) is 5.40. The molecule has 0 saturated carbocycles. The highest BCUT2D eigenvalue weighted by Crippen LogP contribution is 2.27. The Labute approximate surface area is 171 Å². The van der Waals surface area contributed by atoms with E-state index in [2.05, 4.69) is 36.5 Å². The first-order valence-electron chi connectivity index (χ1n) is 10.1. The highest BCUT2D eigenvalue weighted by Gasteiger charge is 2.26. The van der Waals surface area contributed by atoms with E-state index in [1.54, 1.807) is 6.07 Å². The average molecular weight is 399 g/mol. The number of hydrogen-bond acceptors (Lipinski definition) is 3. The van der Waals surface area contributed by atoms with Crippen LogP contribution in [0.25, 0.3) is 0 Å². The van der Waals surface area contributed by atoms with Gasteiger partial charge in [-0.2, -0.15) is 0 Å². The van der Waals surface area contributed by atoms with Crippen molar-refractivity contribution in [3.63, 3.8) is 0 Å². The Morgan fingerprint density at radius 3 is 2.28 bits per heavy atom. The summed E-state index contributed by atoms with van der Waals surface area (Å²) in [6.45, 7) is 11.1. The van der Waals surface area contributed by atoms with Gasteiger partial charge in [0.2, 0.25) is 0 Å². The first-order valence-corrected chi connectivity index (χ1v) is 10.1. The maximum atomic E-state index is 12.5. The van der Waals surface area contributed by atoms with Gasteiger partial charge in [0.15, 0.2) is 6.54 Å². The fraction of sp³-hybridized carbons (Fsp3) is 0.409. The number of amides is 1. The number of benzene rings is 2. The van der Waals surface area contributed by atoms with Crippen molar-refractivity contribution in [1.29, 1.82) is 0 Å². The molecule has 154 valence electrons. The molecule has 0 bridgehead atoms. The zero-order valence-corrected chi connectivity index (χ0v) is 17.4. The summed E-state index contributed by atoms with van der Waals surface area (Å²) in [4.78, 5) is 26.1. The molecule has 0 aliphatic carbocycles. The van der Waals surface area contributed by atoms with Crippen molar-refractivity contribution >= 4 is 17.3 Å². The molecule has 0 aromatic heterocycles. The molecular weight excluding hydrogens is 368 g/mol. The molecule has 0 radical (unpaired) electrons. The molecule has 3 N–H and O–H groups in total. The molecule has 1 amide bonds. The molecule has 0 spiro atoms. The van der Waals surface area contributed by atoms with E-state index in [9.17, 15) is 14.9 Å². The molecule has 1 aliphatic rings. The normalized spacial score (nSPS) is 19.0. The summed E-state index contributed by atoms with van der Waals surface area (Å²) in [7, 11) is 0. The zero-order chi connectivity index (χ0) is 21.0. The van der Waals surface area contributed by atoms with E-state index in [1.165, 1.54) is 27.0 Å². The number of anilines is 1. The summed E-state index contributed by atoms with van der Waals surface area (Å²) >= 11 is 0. The van der Waals surface area contributed by atoms with Crippen LogP contribution in [0, 0.1) is 30.9 Å². The third-order valence-corrected chi connectivity index (χ3v) is 5.86. The van der Waals surface area contributed by atoms with Crippen molar-refractivity contribution in [3.8, 4) is 0 Å². The molecule has 1 aliphatic heterocycles. The van der Waals surface area contributed by atoms with E-state index < -0.39 is 4.92 Å². The summed E-state index contributed by atoms with van der Waals surface area (Å²) in [5, 5.41) is 14.1. The summed E-state index contributed by atoms with van der Waals surface area (Å²) in [5.41, 5.74) is 4.70. The first-order chi connectivity index (χ1) is 13.8. The molecule has 1 fully saturated rings. The van der Waals surface area contributed by atoms with Gasteiger partial charge in [0.1, 0.15) is 38.4 Å². The van der Waals surface area contributed by atoms with Crippen LogP contribution in [-0.4, -0.2) is 43.6 Å². The highest BCUT2D eigenvalue weighted by atomic mass is 16.6. The van der Waals surface area contributed by atoms with E-state index in [0.717, 1.165) is 43.9 Å². The van der Waals surface area contributed by atoms with E-state index >= 15 is 0 Å². The minimum absolute atomic E-state index is 0.0519. The van der Waals surface area contributed by atoms with E-state index in [0.29, 0.717) is 6.54 Å². The number of nitro benzene ring substituents is 1. The number of nitrogens with one attached hydrogen (secondary N) is 3. The van der Waals surface area contributed by atoms with Crippen molar-refractivity contribution in [2.45, 2.75) is 27.3 Å². The minimum atomic E-state index is -0.442. The summed E-state index contributed by atoms with van der Waals surface area (Å²) in [5.74, 6) is -0.172. The summed E-state index contributed by atoms with van der Waals surface area (Å²) < 4.78 is 0. The number of quaternary nitrogens is 2. The quantitative estimate of drug-likeness (QED) is 0.488. The maximum Gasteiger partial charge on any atom is 0.293 e. The fourth-order valence-corrected chi connectivity index (χ4v) is 3.86. The largest absolute Gasteiger partial charge is 0.322 e. The van der Waals surface area contributed by atoms with Gasteiger partial charge in [-0.15, -0.1) is 0 Å². The van der Waals surface area contributed by atoms with E-state index in [-0.39, 0.29) is 17.3 Å². The molecule has 1 saturated heterocycles. The molecule has 7 nitrogen and oxygen atoms in total. The van der Waals surface area contributed by atoms with Crippen LogP contribution in [0.15, 0.2) is 36.4 Å². The number of rotatable bonds is 6. The summed E-state index contributed by atoms with van der Waals surface area (Å²) in [6, 6.07) is 11.7. The fourth-order valence-electron chi connectivity index (χ4n) is 3.86. The molecule has 1 heterocycles. The van der Waals surface area contributed by atoms with Crippen molar-refractivity contribution in [2.75, 3.05) is 38.0 Å². The lowest BCUT2D eigenvalue weighted by molar-refractivity contribution is -1.02. The van der Waals surface area contributed by atoms with Crippen LogP contribution in [0.4, 0.5) is 11.4 Å². The molecular formula is C22H30N4O3+2. The van der Waals surface area contributed by atoms with Gasteiger partial charge in [-0.05, 0) is 43.5 Å². The third-order valence-electron chi connectivity index (χ3n) is 5.86. The van der Waals surface area contributed by atoms with Crippen LogP contribution >= 0.6 is 0 Å². The van der Waals surface area contributed by atoms with Crippen molar-refractivity contribution in [2.24, 2.45) is 0 Å². The van der Waals surface area contributed by atoms with Crippen LogP contribution < -0.4 is 15.1 Å². The van der Waals surface area contributed by atoms with Crippen LogP contribution in [0.5, 0.6) is 0 Å². The number of hydrogen-bond donors (Lipinski definition) is 3. The average Bonchev–Trinajstić information content (AvgIpc) is 2.67. The van der Waals surface area contributed by atoms with Crippen molar-refractivity contribution in [3.05, 3.63) is 68.8 Å². The maximum absolute atomic E-state index is 12.5. The SMILES string of the molecule is Cc1cc(NC(=O)C[NH+]2CC[NH+](Cc3ccccc3C)CC2)c([N+](=O)[O-])cc1C. The molecule has 29 heavy (non-hydrogen) atoms. The Balaban J connectivity index is 1.53. The van der Waals surface area contributed by atoms with Crippen molar-refractivity contribution < 1.29 is 19.5 Å².